The highest BCUT2D eigenvalue weighted by atomic mass is 19.4. The topological polar surface area (TPSA) is 78.7 Å². The number of ether oxygens (including phenoxy) is 3. The number of aromatic nitrogens is 3. The number of hydrogen-bond donors (Lipinski definition) is 0. The van der Waals surface area contributed by atoms with E-state index in [0.717, 1.165) is 23.6 Å². The average molecular weight is 474 g/mol. The van der Waals surface area contributed by atoms with Gasteiger partial charge in [-0.2, -0.15) is 18.2 Å². The van der Waals surface area contributed by atoms with Crippen LogP contribution >= 0.6 is 0 Å². The Labute approximate surface area is 192 Å². The van der Waals surface area contributed by atoms with E-state index in [1.165, 1.54) is 6.07 Å². The van der Waals surface area contributed by atoms with Crippen molar-refractivity contribution in [3.63, 3.8) is 0 Å². The van der Waals surface area contributed by atoms with Crippen molar-refractivity contribution in [1.29, 1.82) is 0 Å². The van der Waals surface area contributed by atoms with Crippen LogP contribution in [0.5, 0.6) is 17.4 Å². The van der Waals surface area contributed by atoms with Crippen molar-refractivity contribution < 1.29 is 27.4 Å². The molecule has 178 valence electrons. The minimum absolute atomic E-state index is 0.0317. The Balaban J connectivity index is 1.25. The molecule has 4 heterocycles. The number of hydrogen-bond acceptors (Lipinski definition) is 7. The molecule has 1 atom stereocenters. The molecule has 2 aromatic heterocycles. The van der Waals surface area contributed by atoms with E-state index in [1.54, 1.807) is 34.9 Å². The van der Waals surface area contributed by atoms with Crippen molar-refractivity contribution in [2.75, 3.05) is 24.7 Å². The number of fused-ring (bicyclic) bond motifs is 3. The molecule has 1 aromatic carbocycles. The van der Waals surface area contributed by atoms with Gasteiger partial charge in [0.15, 0.2) is 0 Å². The Hall–Kier alpha value is -3.60. The first-order chi connectivity index (χ1) is 16.2. The summed E-state index contributed by atoms with van der Waals surface area (Å²) in [5, 5.41) is 0. The Morgan fingerprint density at radius 3 is 2.71 bits per heavy atom. The molecule has 2 aliphatic heterocycles. The maximum absolute atomic E-state index is 12.8. The molecule has 0 spiro atoms. The summed E-state index contributed by atoms with van der Waals surface area (Å²) in [6.45, 7) is 4.53. The van der Waals surface area contributed by atoms with E-state index in [2.05, 4.69) is 21.8 Å². The van der Waals surface area contributed by atoms with Gasteiger partial charge in [0.25, 0.3) is 0 Å². The Kier molecular flexibility index (Phi) is 5.43. The van der Waals surface area contributed by atoms with Gasteiger partial charge < -0.3 is 19.1 Å². The summed E-state index contributed by atoms with van der Waals surface area (Å²) in [5.74, 6) is 1.39. The summed E-state index contributed by atoms with van der Waals surface area (Å²) < 4.78 is 56.9. The van der Waals surface area contributed by atoms with E-state index in [0.29, 0.717) is 32.1 Å². The van der Waals surface area contributed by atoms with Crippen LogP contribution in [0, 0.1) is 0 Å². The van der Waals surface area contributed by atoms with Gasteiger partial charge in [-0.3, -0.25) is 9.55 Å². The fourth-order valence-corrected chi connectivity index (χ4v) is 4.15. The summed E-state index contributed by atoms with van der Waals surface area (Å²) in [6, 6.07) is 10.6. The first-order valence-corrected chi connectivity index (χ1v) is 10.6. The van der Waals surface area contributed by atoms with Crippen LogP contribution in [0.1, 0.15) is 18.2 Å². The van der Waals surface area contributed by atoms with Gasteiger partial charge in [-0.05, 0) is 30.7 Å². The third-order valence-corrected chi connectivity index (χ3v) is 5.83. The largest absolute Gasteiger partial charge is 0.473 e. The molecule has 1 fully saturated rings. The maximum atomic E-state index is 12.8. The fraction of sp³-hybridized carbons (Fsp3) is 0.348. The van der Waals surface area contributed by atoms with Crippen molar-refractivity contribution >= 4 is 5.82 Å². The lowest BCUT2D eigenvalue weighted by Crippen LogP contribution is -2.53. The zero-order valence-corrected chi connectivity index (χ0v) is 18.2. The molecule has 5 rings (SSSR count). The van der Waals surface area contributed by atoms with Crippen molar-refractivity contribution in [3.05, 3.63) is 70.4 Å². The molecule has 0 unspecified atom stereocenters. The van der Waals surface area contributed by atoms with Crippen LogP contribution in [-0.4, -0.2) is 39.8 Å². The first kappa shape index (κ1) is 22.2. The number of rotatable bonds is 5. The molecule has 0 amide bonds. The van der Waals surface area contributed by atoms with E-state index >= 15 is 0 Å². The van der Waals surface area contributed by atoms with E-state index < -0.39 is 11.9 Å². The SMILES string of the molecule is C[C@@]12COCCN1c1cc(OCc3ccc(Oc4ccnc(C(F)(F)F)c4)cc3)nc(=O)n1C2. The number of anilines is 1. The average Bonchev–Trinajstić information content (AvgIpc) is 3.11. The van der Waals surface area contributed by atoms with E-state index in [1.807, 2.05) is 0 Å². The summed E-state index contributed by atoms with van der Waals surface area (Å²) in [4.78, 5) is 22.1. The predicted octanol–water partition coefficient (Wildman–Crippen LogP) is 3.64. The summed E-state index contributed by atoms with van der Waals surface area (Å²) in [6.07, 6.45) is -3.50. The molecule has 0 radical (unpaired) electrons. The zero-order valence-electron chi connectivity index (χ0n) is 18.2. The molecule has 0 N–H and O–H groups in total. The second-order valence-electron chi connectivity index (χ2n) is 8.43. The Morgan fingerprint density at radius 2 is 1.94 bits per heavy atom. The summed E-state index contributed by atoms with van der Waals surface area (Å²) in [5.41, 5.74) is -0.903. The fourth-order valence-electron chi connectivity index (χ4n) is 4.15. The molecule has 1 saturated heterocycles. The highest BCUT2D eigenvalue weighted by Gasteiger charge is 2.43. The lowest BCUT2D eigenvalue weighted by Gasteiger charge is -2.39. The number of morpholine rings is 1. The van der Waals surface area contributed by atoms with E-state index in [4.69, 9.17) is 14.2 Å². The van der Waals surface area contributed by atoms with Crippen molar-refractivity contribution in [3.8, 4) is 17.4 Å². The molecule has 34 heavy (non-hydrogen) atoms. The molecule has 3 aromatic rings. The van der Waals surface area contributed by atoms with Gasteiger partial charge in [-0.25, -0.2) is 4.79 Å². The molecule has 8 nitrogen and oxygen atoms in total. The van der Waals surface area contributed by atoms with Gasteiger partial charge in [0.2, 0.25) is 5.88 Å². The highest BCUT2D eigenvalue weighted by molar-refractivity contribution is 5.50. The lowest BCUT2D eigenvalue weighted by atomic mass is 10.0. The molecular formula is C23H21F3N4O4. The summed E-state index contributed by atoms with van der Waals surface area (Å²) in [7, 11) is 0. The van der Waals surface area contributed by atoms with Crippen LogP contribution in [0.25, 0.3) is 0 Å². The van der Waals surface area contributed by atoms with Gasteiger partial charge in [-0.1, -0.05) is 12.1 Å². The van der Waals surface area contributed by atoms with Crippen LogP contribution in [0.2, 0.25) is 0 Å². The standard InChI is InChI=1S/C23H21F3N4O4/c1-22-13-29-20(30(22)8-9-32-14-22)11-19(28-21(29)31)33-12-15-2-4-16(5-3-15)34-17-6-7-27-18(10-17)23(24,25)26/h2-7,10-11H,8-9,12-14H2,1H3/t22-/m1/s1. The van der Waals surface area contributed by atoms with Gasteiger partial charge in [0, 0.05) is 24.9 Å². The number of halogens is 3. The minimum atomic E-state index is -4.55. The zero-order chi connectivity index (χ0) is 23.9. The molecule has 0 bridgehead atoms. The second kappa shape index (κ2) is 8.32. The van der Waals surface area contributed by atoms with Crippen molar-refractivity contribution in [2.24, 2.45) is 0 Å². The third-order valence-electron chi connectivity index (χ3n) is 5.83. The van der Waals surface area contributed by atoms with Crippen LogP contribution in [0.15, 0.2) is 53.5 Å². The third kappa shape index (κ3) is 4.30. The van der Waals surface area contributed by atoms with E-state index in [-0.39, 0.29) is 29.5 Å². The van der Waals surface area contributed by atoms with Gasteiger partial charge in [0.1, 0.15) is 29.6 Å². The van der Waals surface area contributed by atoms with Crippen LogP contribution in [-0.2, 0) is 24.1 Å². The lowest BCUT2D eigenvalue weighted by molar-refractivity contribution is -0.141. The van der Waals surface area contributed by atoms with Crippen LogP contribution in [0.4, 0.5) is 19.0 Å². The highest BCUT2D eigenvalue weighted by Crippen LogP contribution is 2.35. The number of pyridine rings is 1. The van der Waals surface area contributed by atoms with Gasteiger partial charge >= 0.3 is 11.9 Å². The normalized spacial score (nSPS) is 19.5. The molecule has 0 saturated carbocycles. The molecule has 2 aliphatic rings. The van der Waals surface area contributed by atoms with Crippen LogP contribution < -0.4 is 20.1 Å². The smallest absolute Gasteiger partial charge is 0.433 e. The number of alkyl halides is 3. The molecular weight excluding hydrogens is 453 g/mol. The number of benzene rings is 1. The monoisotopic (exact) mass is 474 g/mol. The first-order valence-electron chi connectivity index (χ1n) is 10.6. The van der Waals surface area contributed by atoms with Crippen LogP contribution in [0.3, 0.4) is 0 Å². The Bertz CT molecular complexity index is 1260. The van der Waals surface area contributed by atoms with Gasteiger partial charge in [-0.15, -0.1) is 0 Å². The van der Waals surface area contributed by atoms with E-state index in [9.17, 15) is 18.0 Å². The Morgan fingerprint density at radius 1 is 1.15 bits per heavy atom. The predicted molar refractivity (Wildman–Crippen MR) is 115 cm³/mol. The molecule has 0 aliphatic carbocycles. The van der Waals surface area contributed by atoms with Crippen molar-refractivity contribution in [2.45, 2.75) is 31.8 Å². The quantitative estimate of drug-likeness (QED) is 0.559. The second-order valence-corrected chi connectivity index (χ2v) is 8.43. The van der Waals surface area contributed by atoms with Crippen molar-refractivity contribution in [1.82, 2.24) is 14.5 Å². The van der Waals surface area contributed by atoms with Gasteiger partial charge in [0.05, 0.1) is 25.3 Å². The summed E-state index contributed by atoms with van der Waals surface area (Å²) >= 11 is 0. The maximum Gasteiger partial charge on any atom is 0.433 e. The minimum Gasteiger partial charge on any atom is -0.473 e. The number of nitrogens with zero attached hydrogens (tertiary/aromatic N) is 4. The molecule has 11 heteroatoms.